The molecule has 1 atom stereocenters. The molecule has 0 spiro atoms. The summed E-state index contributed by atoms with van der Waals surface area (Å²) in [6.45, 7) is 3.24. The monoisotopic (exact) mass is 348 g/mol. The first-order chi connectivity index (χ1) is 12.0. The number of unbranched alkanes of at least 4 members (excludes halogenated alkanes) is 1. The number of carboxylic acids is 1. The third-order valence-electron chi connectivity index (χ3n) is 4.26. The highest BCUT2D eigenvalue weighted by atomic mass is 16.6. The Kier molecular flexibility index (Phi) is 6.80. The zero-order chi connectivity index (χ0) is 18.2. The first-order valence-corrected chi connectivity index (χ1v) is 8.47. The predicted octanol–water partition coefficient (Wildman–Crippen LogP) is 2.11. The molecule has 0 aromatic heterocycles. The van der Waals surface area contributed by atoms with Crippen molar-refractivity contribution in [1.29, 1.82) is 0 Å². The van der Waals surface area contributed by atoms with Crippen molar-refractivity contribution in [2.75, 3.05) is 19.6 Å². The number of rotatable bonds is 7. The highest BCUT2D eigenvalue weighted by Gasteiger charge is 2.34. The Labute approximate surface area is 147 Å². The number of carbonyl (C=O) groups is 3. The van der Waals surface area contributed by atoms with Gasteiger partial charge in [0.2, 0.25) is 5.91 Å². The molecule has 2 amide bonds. The molecule has 1 heterocycles. The van der Waals surface area contributed by atoms with E-state index in [2.05, 4.69) is 0 Å². The molecule has 136 valence electrons. The fourth-order valence-electron chi connectivity index (χ4n) is 2.78. The second kappa shape index (κ2) is 9.05. The number of aliphatic carboxylic acids is 1. The summed E-state index contributed by atoms with van der Waals surface area (Å²) in [5.41, 5.74) is 0.895. The number of hydrogen-bond acceptors (Lipinski definition) is 4. The lowest BCUT2D eigenvalue weighted by molar-refractivity contribution is -0.140. The van der Waals surface area contributed by atoms with Crippen molar-refractivity contribution in [2.24, 2.45) is 0 Å². The summed E-state index contributed by atoms with van der Waals surface area (Å²) in [6, 6.07) is 8.81. The van der Waals surface area contributed by atoms with Crippen molar-refractivity contribution in [1.82, 2.24) is 9.80 Å². The number of ether oxygens (including phenoxy) is 1. The summed E-state index contributed by atoms with van der Waals surface area (Å²) in [6.07, 6.45) is 0.796. The van der Waals surface area contributed by atoms with Crippen molar-refractivity contribution in [3.8, 4) is 0 Å². The highest BCUT2D eigenvalue weighted by molar-refractivity contribution is 5.86. The Morgan fingerprint density at radius 1 is 1.20 bits per heavy atom. The molecule has 0 aliphatic carbocycles. The molecule has 0 bridgehead atoms. The standard InChI is InChI=1S/C18H24N2O5/c1-14-17(23)19(10-6-5-9-16(21)22)11-12-20(14)18(24)25-13-15-7-3-2-4-8-15/h2-4,7-8,14H,5-6,9-13H2,1H3,(H,21,22)/t14-/m0/s1. The normalized spacial score (nSPS) is 17.5. The lowest BCUT2D eigenvalue weighted by Gasteiger charge is -2.38. The van der Waals surface area contributed by atoms with Gasteiger partial charge in [-0.25, -0.2) is 4.79 Å². The lowest BCUT2D eigenvalue weighted by atomic mass is 10.1. The van der Waals surface area contributed by atoms with Crippen LogP contribution in [0.4, 0.5) is 4.79 Å². The molecule has 0 radical (unpaired) electrons. The quantitative estimate of drug-likeness (QED) is 0.763. The van der Waals surface area contributed by atoms with Crippen LogP contribution < -0.4 is 0 Å². The van der Waals surface area contributed by atoms with E-state index in [9.17, 15) is 14.4 Å². The number of benzene rings is 1. The van der Waals surface area contributed by atoms with Gasteiger partial charge in [-0.3, -0.25) is 14.5 Å². The molecule has 1 aromatic carbocycles. The van der Waals surface area contributed by atoms with Crippen LogP contribution in [0.3, 0.4) is 0 Å². The Morgan fingerprint density at radius 2 is 1.92 bits per heavy atom. The molecule has 1 aliphatic rings. The molecule has 1 saturated heterocycles. The van der Waals surface area contributed by atoms with E-state index in [4.69, 9.17) is 9.84 Å². The summed E-state index contributed by atoms with van der Waals surface area (Å²) >= 11 is 0. The van der Waals surface area contributed by atoms with Gasteiger partial charge in [-0.1, -0.05) is 30.3 Å². The van der Waals surface area contributed by atoms with E-state index in [0.717, 1.165) is 5.56 Å². The van der Waals surface area contributed by atoms with Crippen LogP contribution in [-0.2, 0) is 20.9 Å². The van der Waals surface area contributed by atoms with E-state index in [1.54, 1.807) is 11.8 Å². The molecule has 7 heteroatoms. The van der Waals surface area contributed by atoms with E-state index in [0.29, 0.717) is 32.5 Å². The number of hydrogen-bond donors (Lipinski definition) is 1. The molecule has 1 fully saturated rings. The summed E-state index contributed by atoms with van der Waals surface area (Å²) in [4.78, 5) is 38.3. The van der Waals surface area contributed by atoms with Gasteiger partial charge in [0.25, 0.3) is 0 Å². The molecule has 7 nitrogen and oxygen atoms in total. The number of piperazine rings is 1. The van der Waals surface area contributed by atoms with Crippen molar-refractivity contribution < 1.29 is 24.2 Å². The van der Waals surface area contributed by atoms with Gasteiger partial charge in [0, 0.05) is 26.1 Å². The van der Waals surface area contributed by atoms with Gasteiger partial charge < -0.3 is 14.7 Å². The van der Waals surface area contributed by atoms with Crippen molar-refractivity contribution in [3.05, 3.63) is 35.9 Å². The molecule has 2 rings (SSSR count). The summed E-state index contributed by atoms with van der Waals surface area (Å²) < 4.78 is 5.30. The third-order valence-corrected chi connectivity index (χ3v) is 4.26. The number of nitrogens with zero attached hydrogens (tertiary/aromatic N) is 2. The lowest BCUT2D eigenvalue weighted by Crippen LogP contribution is -2.57. The maximum Gasteiger partial charge on any atom is 0.410 e. The summed E-state index contributed by atoms with van der Waals surface area (Å²) in [5.74, 6) is -0.955. The molecular weight excluding hydrogens is 324 g/mol. The first-order valence-electron chi connectivity index (χ1n) is 8.47. The van der Waals surface area contributed by atoms with Crippen molar-refractivity contribution >= 4 is 18.0 Å². The van der Waals surface area contributed by atoms with Crippen LogP contribution >= 0.6 is 0 Å². The van der Waals surface area contributed by atoms with Crippen molar-refractivity contribution in [2.45, 2.75) is 38.8 Å². The molecular formula is C18H24N2O5. The highest BCUT2D eigenvalue weighted by Crippen LogP contribution is 2.14. The van der Waals surface area contributed by atoms with Gasteiger partial charge in [-0.05, 0) is 25.3 Å². The maximum atomic E-state index is 12.4. The summed E-state index contributed by atoms with van der Waals surface area (Å²) in [5, 5.41) is 8.63. The second-order valence-electron chi connectivity index (χ2n) is 6.09. The average Bonchev–Trinajstić information content (AvgIpc) is 2.61. The molecule has 0 saturated carbocycles. The minimum atomic E-state index is -0.828. The van der Waals surface area contributed by atoms with Crippen LogP contribution in [0, 0.1) is 0 Å². The minimum Gasteiger partial charge on any atom is -0.481 e. The van der Waals surface area contributed by atoms with E-state index in [1.807, 2.05) is 30.3 Å². The maximum absolute atomic E-state index is 12.4. The molecule has 1 aliphatic heterocycles. The Hall–Kier alpha value is -2.57. The fraction of sp³-hybridized carbons (Fsp3) is 0.500. The van der Waals surface area contributed by atoms with Gasteiger partial charge in [0.1, 0.15) is 12.6 Å². The number of carbonyl (C=O) groups excluding carboxylic acids is 2. The van der Waals surface area contributed by atoms with E-state index >= 15 is 0 Å². The van der Waals surface area contributed by atoms with Crippen LogP contribution in [0.5, 0.6) is 0 Å². The second-order valence-corrected chi connectivity index (χ2v) is 6.09. The van der Waals surface area contributed by atoms with Gasteiger partial charge in [-0.2, -0.15) is 0 Å². The molecule has 1 aromatic rings. The minimum absolute atomic E-state index is 0.107. The van der Waals surface area contributed by atoms with Crippen LogP contribution in [0.25, 0.3) is 0 Å². The zero-order valence-electron chi connectivity index (χ0n) is 14.4. The molecule has 25 heavy (non-hydrogen) atoms. The van der Waals surface area contributed by atoms with E-state index in [-0.39, 0.29) is 18.9 Å². The predicted molar refractivity (Wildman–Crippen MR) is 90.9 cm³/mol. The van der Waals surface area contributed by atoms with Gasteiger partial charge in [-0.15, -0.1) is 0 Å². The van der Waals surface area contributed by atoms with Crippen molar-refractivity contribution in [3.63, 3.8) is 0 Å². The van der Waals surface area contributed by atoms with Gasteiger partial charge >= 0.3 is 12.1 Å². The van der Waals surface area contributed by atoms with E-state index in [1.165, 1.54) is 4.90 Å². The largest absolute Gasteiger partial charge is 0.481 e. The summed E-state index contributed by atoms with van der Waals surface area (Å²) in [7, 11) is 0. The first kappa shape index (κ1) is 18.8. The molecule has 0 unspecified atom stereocenters. The Bertz CT molecular complexity index is 605. The topological polar surface area (TPSA) is 87.2 Å². The van der Waals surface area contributed by atoms with Gasteiger partial charge in [0.05, 0.1) is 0 Å². The zero-order valence-corrected chi connectivity index (χ0v) is 14.4. The fourth-order valence-corrected chi connectivity index (χ4v) is 2.78. The van der Waals surface area contributed by atoms with Gasteiger partial charge in [0.15, 0.2) is 0 Å². The van der Waals surface area contributed by atoms with Crippen LogP contribution in [0.1, 0.15) is 31.7 Å². The number of amides is 2. The Morgan fingerprint density at radius 3 is 2.60 bits per heavy atom. The Balaban J connectivity index is 1.79. The SMILES string of the molecule is C[C@H]1C(=O)N(CCCCC(=O)O)CCN1C(=O)OCc1ccccc1. The van der Waals surface area contributed by atoms with Crippen LogP contribution in [-0.4, -0.2) is 58.6 Å². The van der Waals surface area contributed by atoms with E-state index < -0.39 is 18.1 Å². The number of carboxylic acid groups (broad SMARTS) is 1. The molecule has 1 N–H and O–H groups in total. The third kappa shape index (κ3) is 5.48. The van der Waals surface area contributed by atoms with Crippen LogP contribution in [0.2, 0.25) is 0 Å². The average molecular weight is 348 g/mol. The van der Waals surface area contributed by atoms with Crippen LogP contribution in [0.15, 0.2) is 30.3 Å². The smallest absolute Gasteiger partial charge is 0.410 e.